The number of rotatable bonds is 6. The molecule has 19 heavy (non-hydrogen) atoms. The van der Waals surface area contributed by atoms with Gasteiger partial charge in [-0.2, -0.15) is 11.8 Å². The Bertz CT molecular complexity index is 480. The van der Waals surface area contributed by atoms with Crippen molar-refractivity contribution in [3.63, 3.8) is 0 Å². The average molecular weight is 394 g/mol. The maximum absolute atomic E-state index is 12.0. The third kappa shape index (κ3) is 4.98. The number of hydrogen-bond acceptors (Lipinski definition) is 4. The largest absolute Gasteiger partial charge is 0.351 e. The van der Waals surface area contributed by atoms with Crippen LogP contribution < -0.4 is 5.32 Å². The molecule has 0 heterocycles. The Kier molecular flexibility index (Phi) is 6.56. The zero-order chi connectivity index (χ0) is 14.4. The van der Waals surface area contributed by atoms with E-state index in [1.54, 1.807) is 23.9 Å². The maximum Gasteiger partial charge on any atom is 0.283 e. The molecule has 1 N–H and O–H groups in total. The number of benzene rings is 1. The van der Waals surface area contributed by atoms with E-state index in [9.17, 15) is 14.9 Å². The number of amides is 1. The van der Waals surface area contributed by atoms with Crippen LogP contribution >= 0.6 is 34.4 Å². The van der Waals surface area contributed by atoms with Crippen molar-refractivity contribution in [2.75, 3.05) is 12.3 Å². The van der Waals surface area contributed by atoms with Crippen LogP contribution in [0.3, 0.4) is 0 Å². The highest BCUT2D eigenvalue weighted by atomic mass is 127. The number of nitrogens with zero attached hydrogens (tertiary/aromatic N) is 1. The zero-order valence-corrected chi connectivity index (χ0v) is 13.7. The number of thioether (sulfide) groups is 1. The predicted octanol–water partition coefficient (Wildman–Crippen LogP) is 3.07. The second-order valence-corrected chi connectivity index (χ2v) is 6.91. The molecule has 0 bridgehead atoms. The van der Waals surface area contributed by atoms with Crippen molar-refractivity contribution >= 4 is 45.9 Å². The van der Waals surface area contributed by atoms with Gasteiger partial charge in [0.15, 0.2) is 0 Å². The van der Waals surface area contributed by atoms with E-state index in [0.29, 0.717) is 15.4 Å². The molecule has 0 saturated heterocycles. The molecule has 7 heteroatoms. The fourth-order valence-corrected chi connectivity index (χ4v) is 2.86. The topological polar surface area (TPSA) is 72.2 Å². The minimum atomic E-state index is -0.528. The van der Waals surface area contributed by atoms with E-state index in [1.165, 1.54) is 6.07 Å². The normalized spacial score (nSPS) is 10.5. The van der Waals surface area contributed by atoms with Gasteiger partial charge in [0.05, 0.1) is 4.92 Å². The summed E-state index contributed by atoms with van der Waals surface area (Å²) in [6.07, 6.45) is 0. The standard InChI is InChI=1S/C12H15IN2O3S/c1-8(2)19-7-6-14-12(16)11-9(13)4-3-5-10(11)15(17)18/h3-5,8H,6-7H2,1-2H3,(H,14,16). The first-order valence-electron chi connectivity index (χ1n) is 5.76. The van der Waals surface area contributed by atoms with E-state index in [0.717, 1.165) is 5.75 Å². The molecule has 5 nitrogen and oxygen atoms in total. The predicted molar refractivity (Wildman–Crippen MR) is 85.7 cm³/mol. The van der Waals surface area contributed by atoms with Gasteiger partial charge < -0.3 is 5.32 Å². The summed E-state index contributed by atoms with van der Waals surface area (Å²) in [6.45, 7) is 4.67. The third-order valence-corrected chi connectivity index (χ3v) is 4.26. The lowest BCUT2D eigenvalue weighted by Gasteiger charge is -2.08. The molecule has 0 unspecified atom stereocenters. The molecule has 0 aliphatic carbocycles. The number of carbonyl (C=O) groups is 1. The van der Waals surface area contributed by atoms with Gasteiger partial charge in [-0.25, -0.2) is 0 Å². The fourth-order valence-electron chi connectivity index (χ4n) is 1.44. The van der Waals surface area contributed by atoms with Gasteiger partial charge in [0.1, 0.15) is 5.56 Å². The van der Waals surface area contributed by atoms with Gasteiger partial charge in [-0.1, -0.05) is 19.9 Å². The molecule has 1 aromatic carbocycles. The Labute approximate surface area is 129 Å². The molecule has 0 aromatic heterocycles. The van der Waals surface area contributed by atoms with Crippen LogP contribution in [-0.4, -0.2) is 28.4 Å². The molecule has 0 atom stereocenters. The summed E-state index contributed by atoms with van der Waals surface area (Å²) in [7, 11) is 0. The first-order chi connectivity index (χ1) is 8.93. The lowest BCUT2D eigenvalue weighted by molar-refractivity contribution is -0.385. The highest BCUT2D eigenvalue weighted by Crippen LogP contribution is 2.23. The van der Waals surface area contributed by atoms with Crippen molar-refractivity contribution in [2.45, 2.75) is 19.1 Å². The molecule has 0 spiro atoms. The molecular weight excluding hydrogens is 379 g/mol. The average Bonchev–Trinajstić information content (AvgIpc) is 2.33. The lowest BCUT2D eigenvalue weighted by Crippen LogP contribution is -2.27. The maximum atomic E-state index is 12.0. The first-order valence-corrected chi connectivity index (χ1v) is 7.89. The summed E-state index contributed by atoms with van der Waals surface area (Å²) >= 11 is 3.67. The van der Waals surface area contributed by atoms with E-state index in [4.69, 9.17) is 0 Å². The minimum Gasteiger partial charge on any atom is -0.351 e. The molecule has 1 rings (SSSR count). The van der Waals surface area contributed by atoms with Crippen molar-refractivity contribution in [3.05, 3.63) is 37.4 Å². The Morgan fingerprint density at radius 1 is 1.53 bits per heavy atom. The number of carbonyl (C=O) groups excluding carboxylic acids is 1. The number of nitrogens with one attached hydrogen (secondary N) is 1. The van der Waals surface area contributed by atoms with Crippen molar-refractivity contribution in [1.82, 2.24) is 5.32 Å². The third-order valence-electron chi connectivity index (χ3n) is 2.25. The van der Waals surface area contributed by atoms with Crippen molar-refractivity contribution in [2.24, 2.45) is 0 Å². The molecule has 1 amide bonds. The van der Waals surface area contributed by atoms with Crippen LogP contribution in [0.5, 0.6) is 0 Å². The van der Waals surface area contributed by atoms with Gasteiger partial charge in [-0.3, -0.25) is 14.9 Å². The molecule has 0 radical (unpaired) electrons. The van der Waals surface area contributed by atoms with Gasteiger partial charge in [-0.15, -0.1) is 0 Å². The summed E-state index contributed by atoms with van der Waals surface area (Å²) in [4.78, 5) is 22.4. The van der Waals surface area contributed by atoms with Gasteiger partial charge in [0, 0.05) is 21.9 Å². The highest BCUT2D eigenvalue weighted by molar-refractivity contribution is 14.1. The number of halogens is 1. The molecule has 1 aromatic rings. The second kappa shape index (κ2) is 7.68. The quantitative estimate of drug-likeness (QED) is 0.349. The van der Waals surface area contributed by atoms with Crippen molar-refractivity contribution in [3.8, 4) is 0 Å². The van der Waals surface area contributed by atoms with Crippen LogP contribution in [0.4, 0.5) is 5.69 Å². The SMILES string of the molecule is CC(C)SCCNC(=O)c1c(I)cccc1[N+](=O)[O-]. The summed E-state index contributed by atoms with van der Waals surface area (Å²) in [5.41, 5.74) is -0.0106. The summed E-state index contributed by atoms with van der Waals surface area (Å²) in [5, 5.41) is 14.1. The van der Waals surface area contributed by atoms with Crippen LogP contribution in [0.1, 0.15) is 24.2 Å². The number of nitro groups is 1. The smallest absolute Gasteiger partial charge is 0.283 e. The van der Waals surface area contributed by atoms with E-state index >= 15 is 0 Å². The lowest BCUT2D eigenvalue weighted by atomic mass is 10.1. The molecule has 0 fully saturated rings. The first kappa shape index (κ1) is 16.2. The summed E-state index contributed by atoms with van der Waals surface area (Å²) in [5.74, 6) is 0.404. The Hall–Kier alpha value is -0.830. The van der Waals surface area contributed by atoms with Gasteiger partial charge >= 0.3 is 0 Å². The molecule has 0 aliphatic heterocycles. The zero-order valence-electron chi connectivity index (χ0n) is 10.7. The second-order valence-electron chi connectivity index (χ2n) is 4.07. The molecule has 104 valence electrons. The van der Waals surface area contributed by atoms with E-state index in [1.807, 2.05) is 22.6 Å². The van der Waals surface area contributed by atoms with Gasteiger partial charge in [0.2, 0.25) is 0 Å². The summed E-state index contributed by atoms with van der Waals surface area (Å²) < 4.78 is 0.584. The van der Waals surface area contributed by atoms with Crippen molar-refractivity contribution in [1.29, 1.82) is 0 Å². The van der Waals surface area contributed by atoms with E-state index in [-0.39, 0.29) is 17.2 Å². The summed E-state index contributed by atoms with van der Waals surface area (Å²) in [6, 6.07) is 4.61. The molecular formula is C12H15IN2O3S. The minimum absolute atomic E-state index is 0.141. The fraction of sp³-hybridized carbons (Fsp3) is 0.417. The number of nitro benzene ring substituents is 1. The van der Waals surface area contributed by atoms with Gasteiger partial charge in [-0.05, 0) is 33.9 Å². The van der Waals surface area contributed by atoms with E-state index < -0.39 is 4.92 Å². The highest BCUT2D eigenvalue weighted by Gasteiger charge is 2.22. The molecule has 0 saturated carbocycles. The van der Waals surface area contributed by atoms with Crippen LogP contribution in [0, 0.1) is 13.7 Å². The number of hydrogen-bond donors (Lipinski definition) is 1. The molecule has 0 aliphatic rings. The van der Waals surface area contributed by atoms with Crippen LogP contribution in [0.2, 0.25) is 0 Å². The van der Waals surface area contributed by atoms with Crippen molar-refractivity contribution < 1.29 is 9.72 Å². The monoisotopic (exact) mass is 394 g/mol. The Balaban J connectivity index is 2.74. The Morgan fingerprint density at radius 3 is 2.79 bits per heavy atom. The van der Waals surface area contributed by atoms with E-state index in [2.05, 4.69) is 19.2 Å². The van der Waals surface area contributed by atoms with Gasteiger partial charge in [0.25, 0.3) is 11.6 Å². The van der Waals surface area contributed by atoms with Crippen LogP contribution in [-0.2, 0) is 0 Å². The van der Waals surface area contributed by atoms with Crippen LogP contribution in [0.15, 0.2) is 18.2 Å². The Morgan fingerprint density at radius 2 is 2.21 bits per heavy atom. The van der Waals surface area contributed by atoms with Crippen LogP contribution in [0.25, 0.3) is 0 Å².